The first-order chi connectivity index (χ1) is 7.36. The minimum atomic E-state index is -2.50. The van der Waals surface area contributed by atoms with Crippen LogP contribution < -0.4 is 0 Å². The molecule has 1 heterocycles. The van der Waals surface area contributed by atoms with Gasteiger partial charge in [0.15, 0.2) is 0 Å². The molecule has 0 spiro atoms. The van der Waals surface area contributed by atoms with Crippen LogP contribution in [0.15, 0.2) is 0 Å². The molecule has 2 atom stereocenters. The molecule has 0 radical (unpaired) electrons. The molecule has 0 N–H and O–H groups in total. The van der Waals surface area contributed by atoms with Gasteiger partial charge < -0.3 is 0 Å². The molecule has 0 amide bonds. The molecule has 1 aliphatic rings. The van der Waals surface area contributed by atoms with Crippen LogP contribution in [0.1, 0.15) is 40.5 Å². The maximum Gasteiger partial charge on any atom is 0.263 e. The van der Waals surface area contributed by atoms with Gasteiger partial charge in [0.2, 0.25) is 0 Å². The molecular weight excluding hydrogens is 208 g/mol. The Bertz CT molecular complexity index is 216. The van der Waals surface area contributed by atoms with E-state index in [1.165, 1.54) is 0 Å². The first kappa shape index (κ1) is 13.9. The Morgan fingerprint density at radius 2 is 1.94 bits per heavy atom. The van der Waals surface area contributed by atoms with Gasteiger partial charge in [-0.3, -0.25) is 4.90 Å². The summed E-state index contributed by atoms with van der Waals surface area (Å²) in [4.78, 5) is 1.94. The molecule has 3 heteroatoms. The zero-order chi connectivity index (χ0) is 12.3. The quantitative estimate of drug-likeness (QED) is 0.716. The van der Waals surface area contributed by atoms with Crippen molar-refractivity contribution in [3.05, 3.63) is 0 Å². The molecule has 1 nitrogen and oxygen atoms in total. The molecule has 2 unspecified atom stereocenters. The molecule has 0 bridgehead atoms. The monoisotopic (exact) mass is 233 g/mol. The summed E-state index contributed by atoms with van der Waals surface area (Å²) < 4.78 is 27.8. The number of piperidine rings is 1. The van der Waals surface area contributed by atoms with E-state index in [0.29, 0.717) is 12.3 Å². The molecule has 1 aliphatic heterocycles. The summed E-state index contributed by atoms with van der Waals surface area (Å²) in [6.45, 7) is 9.67. The van der Waals surface area contributed by atoms with Crippen molar-refractivity contribution in [3.63, 3.8) is 0 Å². The zero-order valence-electron chi connectivity index (χ0n) is 11.0. The van der Waals surface area contributed by atoms with Crippen LogP contribution in [-0.2, 0) is 0 Å². The van der Waals surface area contributed by atoms with Crippen LogP contribution in [0.3, 0.4) is 0 Å². The Kier molecular flexibility index (Phi) is 4.72. The molecule has 16 heavy (non-hydrogen) atoms. The summed E-state index contributed by atoms with van der Waals surface area (Å²) in [5, 5.41) is 0. The molecule has 0 aliphatic carbocycles. The van der Waals surface area contributed by atoms with E-state index in [2.05, 4.69) is 13.8 Å². The summed E-state index contributed by atoms with van der Waals surface area (Å²) in [6, 6.07) is 0. The van der Waals surface area contributed by atoms with Gasteiger partial charge in [-0.2, -0.15) is 0 Å². The Morgan fingerprint density at radius 1 is 1.31 bits per heavy atom. The lowest BCUT2D eigenvalue weighted by Gasteiger charge is -2.41. The number of hydrogen-bond acceptors (Lipinski definition) is 1. The van der Waals surface area contributed by atoms with Crippen molar-refractivity contribution in [1.82, 2.24) is 4.90 Å². The topological polar surface area (TPSA) is 3.24 Å². The Balaban J connectivity index is 2.53. The number of halogens is 2. The highest BCUT2D eigenvalue weighted by Crippen LogP contribution is 2.37. The highest BCUT2D eigenvalue weighted by molar-refractivity contribution is 4.88. The van der Waals surface area contributed by atoms with E-state index < -0.39 is 11.8 Å². The van der Waals surface area contributed by atoms with E-state index in [1.54, 1.807) is 0 Å². The second-order valence-corrected chi connectivity index (χ2v) is 5.65. The van der Waals surface area contributed by atoms with Gasteiger partial charge in [-0.1, -0.05) is 34.1 Å². The van der Waals surface area contributed by atoms with E-state index in [9.17, 15) is 8.78 Å². The molecule has 1 saturated heterocycles. The van der Waals surface area contributed by atoms with Crippen LogP contribution in [0.4, 0.5) is 8.78 Å². The van der Waals surface area contributed by atoms with Crippen molar-refractivity contribution in [3.8, 4) is 0 Å². The third-order valence-electron chi connectivity index (χ3n) is 3.80. The second kappa shape index (κ2) is 5.44. The average molecular weight is 233 g/mol. The molecule has 1 rings (SSSR count). The van der Waals surface area contributed by atoms with Gasteiger partial charge in [0.1, 0.15) is 0 Å². The lowest BCUT2D eigenvalue weighted by molar-refractivity contribution is -0.126. The van der Waals surface area contributed by atoms with Crippen molar-refractivity contribution >= 4 is 0 Å². The molecule has 0 aromatic heterocycles. The van der Waals surface area contributed by atoms with E-state index in [-0.39, 0.29) is 12.5 Å². The highest BCUT2D eigenvalue weighted by Gasteiger charge is 2.45. The summed E-state index contributed by atoms with van der Waals surface area (Å²) in [5.74, 6) is -2.33. The fourth-order valence-corrected chi connectivity index (χ4v) is 2.57. The number of rotatable bonds is 4. The highest BCUT2D eigenvalue weighted by atomic mass is 19.3. The van der Waals surface area contributed by atoms with Crippen LogP contribution in [0, 0.1) is 17.8 Å². The number of hydrogen-bond donors (Lipinski definition) is 0. The van der Waals surface area contributed by atoms with Crippen LogP contribution in [0.2, 0.25) is 0 Å². The van der Waals surface area contributed by atoms with Crippen LogP contribution in [0.25, 0.3) is 0 Å². The maximum absolute atomic E-state index is 13.9. The number of nitrogens with zero attached hydrogens (tertiary/aromatic N) is 1. The first-order valence-electron chi connectivity index (χ1n) is 6.47. The molecule has 96 valence electrons. The van der Waals surface area contributed by atoms with Crippen molar-refractivity contribution in [2.24, 2.45) is 17.8 Å². The summed E-state index contributed by atoms with van der Waals surface area (Å²) in [7, 11) is 0. The maximum atomic E-state index is 13.9. The third kappa shape index (κ3) is 3.41. The number of alkyl halides is 2. The summed E-state index contributed by atoms with van der Waals surface area (Å²) in [5.41, 5.74) is 0. The first-order valence-corrected chi connectivity index (χ1v) is 6.47. The normalized spacial score (nSPS) is 28.3. The summed E-state index contributed by atoms with van der Waals surface area (Å²) in [6.07, 6.45) is 1.71. The molecule has 0 aromatic rings. The van der Waals surface area contributed by atoms with Gasteiger partial charge in [0, 0.05) is 12.5 Å². The van der Waals surface area contributed by atoms with Crippen molar-refractivity contribution in [2.75, 3.05) is 19.6 Å². The Hall–Kier alpha value is -0.180. The molecular formula is C13H25F2N. The van der Waals surface area contributed by atoms with E-state index in [1.807, 2.05) is 18.7 Å². The minimum Gasteiger partial charge on any atom is -0.297 e. The largest absolute Gasteiger partial charge is 0.297 e. The predicted octanol–water partition coefficient (Wildman–Crippen LogP) is 3.65. The SMILES string of the molecule is CCC(C)CN1CCC(C(C)C)C(F)(F)C1. The van der Waals surface area contributed by atoms with Gasteiger partial charge in [-0.15, -0.1) is 0 Å². The van der Waals surface area contributed by atoms with Gasteiger partial charge in [0.05, 0.1) is 6.54 Å². The van der Waals surface area contributed by atoms with Crippen molar-refractivity contribution in [2.45, 2.75) is 46.5 Å². The van der Waals surface area contributed by atoms with Gasteiger partial charge in [0.25, 0.3) is 5.92 Å². The fourth-order valence-electron chi connectivity index (χ4n) is 2.57. The molecule has 0 aromatic carbocycles. The van der Waals surface area contributed by atoms with E-state index in [4.69, 9.17) is 0 Å². The van der Waals surface area contributed by atoms with Crippen LogP contribution in [-0.4, -0.2) is 30.5 Å². The average Bonchev–Trinajstić information content (AvgIpc) is 2.15. The smallest absolute Gasteiger partial charge is 0.263 e. The van der Waals surface area contributed by atoms with Crippen LogP contribution >= 0.6 is 0 Å². The van der Waals surface area contributed by atoms with Crippen molar-refractivity contribution in [1.29, 1.82) is 0 Å². The zero-order valence-corrected chi connectivity index (χ0v) is 11.0. The standard InChI is InChI=1S/C13H25F2N/c1-5-11(4)8-16-7-6-12(10(2)3)13(14,15)9-16/h10-12H,5-9H2,1-4H3. The Labute approximate surface area is 98.2 Å². The van der Waals surface area contributed by atoms with Gasteiger partial charge in [-0.25, -0.2) is 8.78 Å². The van der Waals surface area contributed by atoms with Crippen LogP contribution in [0.5, 0.6) is 0 Å². The van der Waals surface area contributed by atoms with Crippen molar-refractivity contribution < 1.29 is 8.78 Å². The lowest BCUT2D eigenvalue weighted by Crippen LogP contribution is -2.51. The fraction of sp³-hybridized carbons (Fsp3) is 1.00. The van der Waals surface area contributed by atoms with Gasteiger partial charge >= 0.3 is 0 Å². The lowest BCUT2D eigenvalue weighted by atomic mass is 9.83. The summed E-state index contributed by atoms with van der Waals surface area (Å²) >= 11 is 0. The number of likely N-dealkylation sites (tertiary alicyclic amines) is 1. The Morgan fingerprint density at radius 3 is 2.38 bits per heavy atom. The minimum absolute atomic E-state index is 0.0415. The van der Waals surface area contributed by atoms with E-state index in [0.717, 1.165) is 19.5 Å². The molecule has 1 fully saturated rings. The third-order valence-corrected chi connectivity index (χ3v) is 3.80. The molecule has 0 saturated carbocycles. The van der Waals surface area contributed by atoms with E-state index >= 15 is 0 Å². The predicted molar refractivity (Wildman–Crippen MR) is 63.8 cm³/mol. The van der Waals surface area contributed by atoms with Gasteiger partial charge in [-0.05, 0) is 24.8 Å². The second-order valence-electron chi connectivity index (χ2n) is 5.65.